The Bertz CT molecular complexity index is 1130. The lowest BCUT2D eigenvalue weighted by Crippen LogP contribution is -2.25. The number of carbonyl (C=O) groups is 2. The second kappa shape index (κ2) is 10.9. The largest absolute Gasteiger partial charge is 0.492 e. The van der Waals surface area contributed by atoms with Crippen LogP contribution < -0.4 is 21.1 Å². The summed E-state index contributed by atoms with van der Waals surface area (Å²) >= 11 is 1.96. The minimum absolute atomic E-state index is 0.00927. The number of carbonyl (C=O) groups excluding carboxylic acids is 2. The molecular formula is C23H20F2IN3O3. The van der Waals surface area contributed by atoms with E-state index in [1.807, 2.05) is 28.7 Å². The number of anilines is 2. The van der Waals surface area contributed by atoms with Gasteiger partial charge in [-0.25, -0.2) is 8.78 Å². The van der Waals surface area contributed by atoms with Crippen molar-refractivity contribution >= 4 is 45.8 Å². The van der Waals surface area contributed by atoms with Crippen molar-refractivity contribution in [3.8, 4) is 5.75 Å². The summed E-state index contributed by atoms with van der Waals surface area (Å²) in [6.07, 6.45) is 0.405. The molecule has 3 aromatic rings. The molecule has 0 unspecified atom stereocenters. The highest BCUT2D eigenvalue weighted by Gasteiger charge is 2.19. The van der Waals surface area contributed by atoms with Crippen LogP contribution in [-0.2, 0) is 0 Å². The van der Waals surface area contributed by atoms with Gasteiger partial charge >= 0.3 is 0 Å². The molecule has 0 radical (unpaired) electrons. The number of benzene rings is 3. The van der Waals surface area contributed by atoms with Gasteiger partial charge in [0.1, 0.15) is 22.9 Å². The van der Waals surface area contributed by atoms with Crippen molar-refractivity contribution in [2.75, 3.05) is 18.5 Å². The molecule has 4 N–H and O–H groups in total. The maximum Gasteiger partial charge on any atom is 0.254 e. The van der Waals surface area contributed by atoms with Gasteiger partial charge in [-0.3, -0.25) is 9.59 Å². The SMILES string of the molecule is NC(=O)c1c(Nc2ccc(I)cc2F)cc(F)cc1OCCCNC(=O)c1ccccc1. The Balaban J connectivity index is 1.67. The first-order valence-corrected chi connectivity index (χ1v) is 10.7. The molecule has 0 aliphatic carbocycles. The second-order valence-corrected chi connectivity index (χ2v) is 8.01. The van der Waals surface area contributed by atoms with E-state index in [4.69, 9.17) is 10.5 Å². The zero-order chi connectivity index (χ0) is 23.1. The smallest absolute Gasteiger partial charge is 0.254 e. The summed E-state index contributed by atoms with van der Waals surface area (Å²) < 4.78 is 34.6. The topological polar surface area (TPSA) is 93.5 Å². The van der Waals surface area contributed by atoms with Crippen LogP contribution in [0, 0.1) is 15.2 Å². The number of rotatable bonds is 9. The minimum Gasteiger partial charge on any atom is -0.492 e. The number of ether oxygens (including phenoxy) is 1. The molecule has 0 aliphatic rings. The summed E-state index contributed by atoms with van der Waals surface area (Å²) in [6, 6.07) is 15.3. The minimum atomic E-state index is -0.856. The summed E-state index contributed by atoms with van der Waals surface area (Å²) in [4.78, 5) is 24.1. The van der Waals surface area contributed by atoms with Gasteiger partial charge in [-0.2, -0.15) is 0 Å². The summed E-state index contributed by atoms with van der Waals surface area (Å²) in [5, 5.41) is 5.46. The summed E-state index contributed by atoms with van der Waals surface area (Å²) in [7, 11) is 0. The lowest BCUT2D eigenvalue weighted by atomic mass is 10.1. The average Bonchev–Trinajstić information content (AvgIpc) is 2.75. The van der Waals surface area contributed by atoms with E-state index in [2.05, 4.69) is 10.6 Å². The molecule has 0 spiro atoms. The number of hydrogen-bond donors (Lipinski definition) is 3. The Labute approximate surface area is 197 Å². The van der Waals surface area contributed by atoms with E-state index in [0.717, 1.165) is 12.1 Å². The normalized spacial score (nSPS) is 10.5. The maximum atomic E-state index is 14.2. The van der Waals surface area contributed by atoms with Crippen LogP contribution in [0.15, 0.2) is 60.7 Å². The number of hydrogen-bond acceptors (Lipinski definition) is 4. The van der Waals surface area contributed by atoms with Crippen molar-refractivity contribution in [2.24, 2.45) is 5.73 Å². The third kappa shape index (κ3) is 6.16. The molecule has 0 saturated carbocycles. The van der Waals surface area contributed by atoms with E-state index in [0.29, 0.717) is 22.1 Å². The van der Waals surface area contributed by atoms with Crippen molar-refractivity contribution < 1.29 is 23.1 Å². The predicted molar refractivity (Wildman–Crippen MR) is 126 cm³/mol. The number of primary amides is 1. The molecule has 0 saturated heterocycles. The molecule has 0 atom stereocenters. The Kier molecular flexibility index (Phi) is 7.98. The number of nitrogens with two attached hydrogens (primary N) is 1. The van der Waals surface area contributed by atoms with E-state index < -0.39 is 17.5 Å². The standard InChI is InChI=1S/C23H20F2IN3O3/c24-15-11-19(29-18-8-7-16(26)13-17(18)25)21(22(27)30)20(12-15)32-10-4-9-28-23(31)14-5-2-1-3-6-14/h1-3,5-8,11-13,29H,4,9-10H2,(H2,27,30)(H,28,31). The molecule has 0 fully saturated rings. The predicted octanol–water partition coefficient (Wildman–Crippen LogP) is 4.61. The molecule has 166 valence electrons. The van der Waals surface area contributed by atoms with Crippen LogP contribution in [0.1, 0.15) is 27.1 Å². The van der Waals surface area contributed by atoms with Gasteiger partial charge in [0.05, 0.1) is 18.0 Å². The summed E-state index contributed by atoms with van der Waals surface area (Å²) in [6.45, 7) is 0.407. The van der Waals surface area contributed by atoms with Gasteiger partial charge in [0.15, 0.2) is 0 Å². The first-order chi connectivity index (χ1) is 15.3. The number of nitrogens with one attached hydrogen (secondary N) is 2. The van der Waals surface area contributed by atoms with E-state index in [1.165, 1.54) is 12.1 Å². The molecule has 32 heavy (non-hydrogen) atoms. The Hall–Kier alpha value is -3.21. The molecule has 0 aromatic heterocycles. The Morgan fingerprint density at radius 2 is 1.75 bits per heavy atom. The molecule has 9 heteroatoms. The van der Waals surface area contributed by atoms with E-state index in [1.54, 1.807) is 30.3 Å². The van der Waals surface area contributed by atoms with E-state index in [9.17, 15) is 18.4 Å². The van der Waals surface area contributed by atoms with E-state index in [-0.39, 0.29) is 35.2 Å². The first-order valence-electron chi connectivity index (χ1n) is 9.66. The lowest BCUT2D eigenvalue weighted by molar-refractivity contribution is 0.0951. The first kappa shape index (κ1) is 23.5. The highest BCUT2D eigenvalue weighted by Crippen LogP contribution is 2.31. The van der Waals surface area contributed by atoms with Crippen molar-refractivity contribution in [3.63, 3.8) is 0 Å². The Morgan fingerprint density at radius 3 is 2.44 bits per heavy atom. The molecule has 3 aromatic carbocycles. The van der Waals surface area contributed by atoms with Crippen LogP contribution in [0.2, 0.25) is 0 Å². The molecule has 0 bridgehead atoms. The van der Waals surface area contributed by atoms with Crippen LogP contribution in [0.25, 0.3) is 0 Å². The Morgan fingerprint density at radius 1 is 1.00 bits per heavy atom. The van der Waals surface area contributed by atoms with Crippen LogP contribution >= 0.6 is 22.6 Å². The van der Waals surface area contributed by atoms with Crippen LogP contribution in [0.5, 0.6) is 5.75 Å². The molecular weight excluding hydrogens is 531 g/mol. The molecule has 3 rings (SSSR count). The monoisotopic (exact) mass is 551 g/mol. The molecule has 0 heterocycles. The van der Waals surface area contributed by atoms with Gasteiger partial charge in [-0.05, 0) is 65.4 Å². The van der Waals surface area contributed by atoms with Crippen molar-refractivity contribution in [1.29, 1.82) is 0 Å². The molecule has 2 amide bonds. The fraction of sp³-hybridized carbons (Fsp3) is 0.130. The number of amides is 2. The van der Waals surface area contributed by atoms with Crippen molar-refractivity contribution in [2.45, 2.75) is 6.42 Å². The van der Waals surface area contributed by atoms with Gasteiger partial charge in [-0.15, -0.1) is 0 Å². The third-order valence-electron chi connectivity index (χ3n) is 4.41. The average molecular weight is 551 g/mol. The summed E-state index contributed by atoms with van der Waals surface area (Å²) in [5.41, 5.74) is 5.97. The second-order valence-electron chi connectivity index (χ2n) is 6.76. The van der Waals surface area contributed by atoms with E-state index >= 15 is 0 Å². The van der Waals surface area contributed by atoms with Gasteiger partial charge in [0.2, 0.25) is 0 Å². The lowest BCUT2D eigenvalue weighted by Gasteiger charge is -2.16. The maximum absolute atomic E-state index is 14.2. The van der Waals surface area contributed by atoms with Crippen LogP contribution in [-0.4, -0.2) is 25.0 Å². The highest BCUT2D eigenvalue weighted by molar-refractivity contribution is 14.1. The van der Waals surface area contributed by atoms with Crippen molar-refractivity contribution in [1.82, 2.24) is 5.32 Å². The highest BCUT2D eigenvalue weighted by atomic mass is 127. The summed E-state index contributed by atoms with van der Waals surface area (Å²) in [5.74, 6) is -2.39. The zero-order valence-electron chi connectivity index (χ0n) is 16.8. The fourth-order valence-electron chi connectivity index (χ4n) is 2.93. The van der Waals surface area contributed by atoms with Gasteiger partial charge in [-0.1, -0.05) is 18.2 Å². The van der Waals surface area contributed by atoms with Crippen LogP contribution in [0.3, 0.4) is 0 Å². The van der Waals surface area contributed by atoms with Crippen molar-refractivity contribution in [3.05, 3.63) is 87.0 Å². The van der Waals surface area contributed by atoms with Crippen LogP contribution in [0.4, 0.5) is 20.2 Å². The van der Waals surface area contributed by atoms with Gasteiger partial charge in [0.25, 0.3) is 11.8 Å². The van der Waals surface area contributed by atoms with Gasteiger partial charge < -0.3 is 21.1 Å². The zero-order valence-corrected chi connectivity index (χ0v) is 19.0. The van der Waals surface area contributed by atoms with Gasteiger partial charge in [0, 0.05) is 21.7 Å². The molecule has 0 aliphatic heterocycles. The molecule has 6 nitrogen and oxygen atoms in total. The number of halogens is 3. The fourth-order valence-corrected chi connectivity index (χ4v) is 3.39. The third-order valence-corrected chi connectivity index (χ3v) is 5.09. The quantitative estimate of drug-likeness (QED) is 0.268.